The Morgan fingerprint density at radius 3 is 2.58 bits per heavy atom. The highest BCUT2D eigenvalue weighted by molar-refractivity contribution is 6.22. The molecule has 0 saturated carbocycles. The van der Waals surface area contributed by atoms with Gasteiger partial charge in [-0.25, -0.2) is 0 Å². The topological polar surface area (TPSA) is 52.6 Å². The fourth-order valence-electron chi connectivity index (χ4n) is 1.46. The van der Waals surface area contributed by atoms with Gasteiger partial charge in [-0.3, -0.25) is 9.59 Å². The third-order valence-electron chi connectivity index (χ3n) is 2.13. The van der Waals surface area contributed by atoms with E-state index in [1.54, 1.807) is 45.0 Å². The summed E-state index contributed by atoms with van der Waals surface area (Å²) in [4.78, 5) is 23.1. The molecule has 0 atom stereocenters. The molecule has 1 aromatic carbocycles. The highest BCUT2D eigenvalue weighted by atomic mass is 35.5. The molecule has 0 bridgehead atoms. The summed E-state index contributed by atoms with van der Waals surface area (Å²) in [7, 11) is 0. The van der Waals surface area contributed by atoms with E-state index in [4.69, 9.17) is 21.1 Å². The minimum atomic E-state index is -0.858. The molecule has 4 nitrogen and oxygen atoms in total. The standard InChI is InChI=1S/C14H17ClO4/c1-4-18-13(17)9-12(16)10-6-5-7-11(8-10)19-14(2,3)15/h5-8H,4,9H2,1-3H3. The number of rotatable bonds is 6. The van der Waals surface area contributed by atoms with E-state index in [2.05, 4.69) is 0 Å². The maximum Gasteiger partial charge on any atom is 0.313 e. The first kappa shape index (κ1) is 15.5. The number of alkyl halides is 1. The van der Waals surface area contributed by atoms with Crippen LogP contribution in [0.4, 0.5) is 0 Å². The van der Waals surface area contributed by atoms with E-state index in [0.29, 0.717) is 11.3 Å². The first-order chi connectivity index (χ1) is 8.81. The van der Waals surface area contributed by atoms with Crippen LogP contribution >= 0.6 is 11.6 Å². The van der Waals surface area contributed by atoms with Crippen LogP contribution in [0.1, 0.15) is 37.6 Å². The molecule has 0 radical (unpaired) electrons. The highest BCUT2D eigenvalue weighted by Crippen LogP contribution is 2.22. The average Bonchev–Trinajstić information content (AvgIpc) is 2.27. The summed E-state index contributed by atoms with van der Waals surface area (Å²) in [5.41, 5.74) is 0.395. The number of esters is 1. The molecule has 0 aliphatic carbocycles. The van der Waals surface area contributed by atoms with Gasteiger partial charge in [0.15, 0.2) is 10.8 Å². The van der Waals surface area contributed by atoms with Crippen LogP contribution in [0.15, 0.2) is 24.3 Å². The predicted molar refractivity (Wildman–Crippen MR) is 72.6 cm³/mol. The van der Waals surface area contributed by atoms with Gasteiger partial charge in [-0.15, -0.1) is 0 Å². The minimum absolute atomic E-state index is 0.260. The summed E-state index contributed by atoms with van der Waals surface area (Å²) in [5, 5.41) is -0.858. The van der Waals surface area contributed by atoms with Gasteiger partial charge in [0.2, 0.25) is 0 Å². The Balaban J connectivity index is 2.76. The molecule has 1 rings (SSSR count). The summed E-state index contributed by atoms with van der Waals surface area (Å²) in [5.74, 6) is -0.359. The number of halogens is 1. The summed E-state index contributed by atoms with van der Waals surface area (Å²) in [6.45, 7) is 5.35. The molecule has 104 valence electrons. The molecule has 0 N–H and O–H groups in total. The van der Waals surface area contributed by atoms with Gasteiger partial charge in [0.1, 0.15) is 12.2 Å². The number of ether oxygens (including phenoxy) is 2. The molecule has 0 aromatic heterocycles. The van der Waals surface area contributed by atoms with E-state index in [1.165, 1.54) is 0 Å². The van der Waals surface area contributed by atoms with Gasteiger partial charge in [0.25, 0.3) is 0 Å². The lowest BCUT2D eigenvalue weighted by Gasteiger charge is -2.18. The number of benzene rings is 1. The van der Waals surface area contributed by atoms with Crippen LogP contribution < -0.4 is 4.74 Å². The second kappa shape index (κ2) is 6.57. The van der Waals surface area contributed by atoms with E-state index in [0.717, 1.165) is 0 Å². The van der Waals surface area contributed by atoms with Crippen molar-refractivity contribution in [1.82, 2.24) is 0 Å². The first-order valence-corrected chi connectivity index (χ1v) is 6.36. The van der Waals surface area contributed by atoms with Crippen LogP contribution in [0.25, 0.3) is 0 Å². The second-order valence-corrected chi connectivity index (χ2v) is 5.31. The van der Waals surface area contributed by atoms with Gasteiger partial charge >= 0.3 is 5.97 Å². The zero-order chi connectivity index (χ0) is 14.5. The third-order valence-corrected chi connectivity index (χ3v) is 2.20. The highest BCUT2D eigenvalue weighted by Gasteiger charge is 2.17. The zero-order valence-electron chi connectivity index (χ0n) is 11.2. The summed E-state index contributed by atoms with van der Waals surface area (Å²) in [6, 6.07) is 6.56. The van der Waals surface area contributed by atoms with Gasteiger partial charge in [-0.1, -0.05) is 23.7 Å². The van der Waals surface area contributed by atoms with E-state index in [-0.39, 0.29) is 18.8 Å². The van der Waals surface area contributed by atoms with Crippen molar-refractivity contribution in [3.63, 3.8) is 0 Å². The molecule has 1 aromatic rings. The van der Waals surface area contributed by atoms with Gasteiger partial charge in [0, 0.05) is 5.56 Å². The van der Waals surface area contributed by atoms with Gasteiger partial charge in [-0.05, 0) is 32.9 Å². The number of hydrogen-bond donors (Lipinski definition) is 0. The van der Waals surface area contributed by atoms with Crippen LogP contribution in [-0.4, -0.2) is 23.4 Å². The fourth-order valence-corrected chi connectivity index (χ4v) is 1.55. The Bertz CT molecular complexity index is 463. The van der Waals surface area contributed by atoms with Crippen molar-refractivity contribution < 1.29 is 19.1 Å². The van der Waals surface area contributed by atoms with E-state index >= 15 is 0 Å². The largest absolute Gasteiger partial charge is 0.472 e. The smallest absolute Gasteiger partial charge is 0.313 e. The molecular formula is C14H17ClO4. The summed E-state index contributed by atoms with van der Waals surface area (Å²) in [6.07, 6.45) is -0.276. The Kier molecular flexibility index (Phi) is 5.36. The van der Waals surface area contributed by atoms with Crippen molar-refractivity contribution in [3.8, 4) is 5.75 Å². The first-order valence-electron chi connectivity index (χ1n) is 5.98. The van der Waals surface area contributed by atoms with E-state index < -0.39 is 11.0 Å². The lowest BCUT2D eigenvalue weighted by atomic mass is 10.1. The third kappa shape index (κ3) is 5.75. The van der Waals surface area contributed by atoms with Crippen molar-refractivity contribution in [3.05, 3.63) is 29.8 Å². The molecule has 0 aliphatic heterocycles. The van der Waals surface area contributed by atoms with Gasteiger partial charge in [0.05, 0.1) is 6.61 Å². The van der Waals surface area contributed by atoms with E-state index in [9.17, 15) is 9.59 Å². The maximum absolute atomic E-state index is 11.9. The van der Waals surface area contributed by atoms with Crippen LogP contribution in [0.2, 0.25) is 0 Å². The Morgan fingerprint density at radius 1 is 1.32 bits per heavy atom. The van der Waals surface area contributed by atoms with Crippen LogP contribution in [-0.2, 0) is 9.53 Å². The SMILES string of the molecule is CCOC(=O)CC(=O)c1cccc(OC(C)(C)Cl)c1. The molecule has 19 heavy (non-hydrogen) atoms. The monoisotopic (exact) mass is 284 g/mol. The van der Waals surface area contributed by atoms with Crippen molar-refractivity contribution in [2.45, 2.75) is 32.3 Å². The van der Waals surface area contributed by atoms with Crippen LogP contribution in [0.3, 0.4) is 0 Å². The number of carbonyl (C=O) groups is 2. The average molecular weight is 285 g/mol. The molecule has 0 heterocycles. The summed E-state index contributed by atoms with van der Waals surface area (Å²) < 4.78 is 10.2. The predicted octanol–water partition coefficient (Wildman–Crippen LogP) is 3.18. The molecular weight excluding hydrogens is 268 g/mol. The molecule has 0 amide bonds. The summed E-state index contributed by atoms with van der Waals surface area (Å²) >= 11 is 5.94. The Labute approximate surface area is 117 Å². The zero-order valence-corrected chi connectivity index (χ0v) is 12.0. The number of hydrogen-bond acceptors (Lipinski definition) is 4. The molecule has 0 fully saturated rings. The lowest BCUT2D eigenvalue weighted by molar-refractivity contribution is -0.141. The fraction of sp³-hybridized carbons (Fsp3) is 0.429. The molecule has 0 spiro atoms. The maximum atomic E-state index is 11.9. The Morgan fingerprint density at radius 2 is 2.00 bits per heavy atom. The van der Waals surface area contributed by atoms with E-state index in [1.807, 2.05) is 0 Å². The van der Waals surface area contributed by atoms with Gasteiger partial charge < -0.3 is 9.47 Å². The normalized spacial score (nSPS) is 10.9. The van der Waals surface area contributed by atoms with Crippen molar-refractivity contribution >= 4 is 23.4 Å². The second-order valence-electron chi connectivity index (χ2n) is 4.40. The number of ketones is 1. The van der Waals surface area contributed by atoms with Crippen LogP contribution in [0.5, 0.6) is 5.75 Å². The minimum Gasteiger partial charge on any atom is -0.472 e. The molecule has 0 unspecified atom stereocenters. The van der Waals surface area contributed by atoms with Crippen molar-refractivity contribution in [1.29, 1.82) is 0 Å². The quantitative estimate of drug-likeness (QED) is 0.348. The van der Waals surface area contributed by atoms with Crippen LogP contribution in [0, 0.1) is 0 Å². The number of carbonyl (C=O) groups excluding carboxylic acids is 2. The van der Waals surface area contributed by atoms with Crippen molar-refractivity contribution in [2.24, 2.45) is 0 Å². The van der Waals surface area contributed by atoms with Gasteiger partial charge in [-0.2, -0.15) is 0 Å². The number of Topliss-reactive ketones (excluding diaryl/α,β-unsaturated/α-hetero) is 1. The lowest BCUT2D eigenvalue weighted by Crippen LogP contribution is -2.19. The molecule has 0 aliphatic rings. The molecule has 0 saturated heterocycles. The Hall–Kier alpha value is -1.55. The van der Waals surface area contributed by atoms with Crippen molar-refractivity contribution in [2.75, 3.05) is 6.61 Å². The molecule has 5 heteroatoms.